The summed E-state index contributed by atoms with van der Waals surface area (Å²) >= 11 is 0. The molecule has 0 saturated carbocycles. The van der Waals surface area contributed by atoms with Crippen molar-refractivity contribution >= 4 is 5.97 Å². The number of carboxylic acids is 1. The number of nitrogens with zero attached hydrogens (tertiary/aromatic N) is 2. The van der Waals surface area contributed by atoms with Crippen LogP contribution in [0.25, 0.3) is 0 Å². The molecule has 0 bridgehead atoms. The van der Waals surface area contributed by atoms with Gasteiger partial charge in [-0.2, -0.15) is 0 Å². The largest absolute Gasteiger partial charge is 0.493 e. The maximum Gasteiger partial charge on any atom is 0.325 e. The van der Waals surface area contributed by atoms with E-state index in [2.05, 4.69) is 30.7 Å². The zero-order chi connectivity index (χ0) is 16.8. The molecule has 1 atom stereocenters. The van der Waals surface area contributed by atoms with E-state index in [9.17, 15) is 9.90 Å². The highest BCUT2D eigenvalue weighted by molar-refractivity contribution is 5.75. The van der Waals surface area contributed by atoms with Crippen LogP contribution in [0, 0.1) is 5.92 Å². The summed E-state index contributed by atoms with van der Waals surface area (Å²) in [6, 6.07) is 6.92. The topological polar surface area (TPSA) is 53.0 Å². The first-order valence-electron chi connectivity index (χ1n) is 8.35. The minimum Gasteiger partial charge on any atom is -0.493 e. The van der Waals surface area contributed by atoms with E-state index in [1.54, 1.807) is 0 Å². The van der Waals surface area contributed by atoms with Crippen LogP contribution in [0.1, 0.15) is 31.9 Å². The Morgan fingerprint density at radius 2 is 2.04 bits per heavy atom. The molecule has 23 heavy (non-hydrogen) atoms. The van der Waals surface area contributed by atoms with E-state index >= 15 is 0 Å². The molecule has 1 aromatic carbocycles. The Kier molecular flexibility index (Phi) is 6.42. The Morgan fingerprint density at radius 1 is 1.26 bits per heavy atom. The van der Waals surface area contributed by atoms with Crippen LogP contribution in [0.4, 0.5) is 0 Å². The van der Waals surface area contributed by atoms with E-state index in [0.29, 0.717) is 12.5 Å². The van der Waals surface area contributed by atoms with Crippen molar-refractivity contribution in [2.75, 3.05) is 39.8 Å². The van der Waals surface area contributed by atoms with Gasteiger partial charge in [0.15, 0.2) is 0 Å². The Labute approximate surface area is 138 Å². The summed E-state index contributed by atoms with van der Waals surface area (Å²) in [6.07, 6.45) is 0.990. The monoisotopic (exact) mass is 320 g/mol. The summed E-state index contributed by atoms with van der Waals surface area (Å²) in [5.74, 6) is 0.389. The summed E-state index contributed by atoms with van der Waals surface area (Å²) in [6.45, 7) is 8.31. The standard InChI is InChI=1S/C18H28N2O3/c1-14(2)13-23-16-7-4-6-15(12-16)17(18(21)22)20-9-5-8-19(3)10-11-20/h4,6-7,12,14,17H,5,8-11,13H2,1-3H3,(H,21,22). The minimum atomic E-state index is -0.796. The number of hydrogen-bond acceptors (Lipinski definition) is 4. The van der Waals surface area contributed by atoms with Crippen LogP contribution >= 0.6 is 0 Å². The smallest absolute Gasteiger partial charge is 0.325 e. The van der Waals surface area contributed by atoms with Crippen molar-refractivity contribution in [2.24, 2.45) is 5.92 Å². The first-order valence-corrected chi connectivity index (χ1v) is 8.35. The third-order valence-corrected chi connectivity index (χ3v) is 4.11. The zero-order valence-electron chi connectivity index (χ0n) is 14.4. The van der Waals surface area contributed by atoms with Crippen molar-refractivity contribution in [1.29, 1.82) is 0 Å². The highest BCUT2D eigenvalue weighted by Gasteiger charge is 2.28. The van der Waals surface area contributed by atoms with E-state index in [1.807, 2.05) is 24.3 Å². The second kappa shape index (κ2) is 8.31. The van der Waals surface area contributed by atoms with Gasteiger partial charge in [-0.3, -0.25) is 9.69 Å². The summed E-state index contributed by atoms with van der Waals surface area (Å²) in [5, 5.41) is 9.75. The number of ether oxygens (including phenoxy) is 1. The Bertz CT molecular complexity index is 519. The van der Waals surface area contributed by atoms with Crippen LogP contribution in [-0.4, -0.2) is 60.7 Å². The zero-order valence-corrected chi connectivity index (χ0v) is 14.4. The number of benzene rings is 1. The van der Waals surface area contributed by atoms with Crippen LogP contribution in [0.5, 0.6) is 5.75 Å². The lowest BCUT2D eigenvalue weighted by Gasteiger charge is -2.28. The van der Waals surface area contributed by atoms with Gasteiger partial charge < -0.3 is 14.7 Å². The van der Waals surface area contributed by atoms with E-state index in [-0.39, 0.29) is 0 Å². The number of hydrogen-bond donors (Lipinski definition) is 1. The maximum atomic E-state index is 11.9. The molecule has 0 spiro atoms. The molecule has 1 aromatic rings. The van der Waals surface area contributed by atoms with Gasteiger partial charge in [0, 0.05) is 19.6 Å². The molecule has 0 aliphatic carbocycles. The molecule has 128 valence electrons. The molecule has 2 rings (SSSR count). The summed E-state index contributed by atoms with van der Waals surface area (Å²) in [4.78, 5) is 16.2. The molecule has 1 heterocycles. The van der Waals surface area contributed by atoms with E-state index < -0.39 is 12.0 Å². The van der Waals surface area contributed by atoms with Crippen LogP contribution in [-0.2, 0) is 4.79 Å². The second-order valence-electron chi connectivity index (χ2n) is 6.71. The SMILES string of the molecule is CC(C)COc1cccc(C(C(=O)O)N2CCCN(C)CC2)c1. The van der Waals surface area contributed by atoms with Crippen molar-refractivity contribution in [3.63, 3.8) is 0 Å². The van der Waals surface area contributed by atoms with E-state index in [1.165, 1.54) is 0 Å². The third-order valence-electron chi connectivity index (χ3n) is 4.11. The lowest BCUT2D eigenvalue weighted by Crippen LogP contribution is -2.36. The van der Waals surface area contributed by atoms with E-state index in [0.717, 1.165) is 43.9 Å². The van der Waals surface area contributed by atoms with Crippen molar-refractivity contribution in [1.82, 2.24) is 9.80 Å². The number of carboxylic acid groups (broad SMARTS) is 1. The molecule has 0 amide bonds. The first-order chi connectivity index (χ1) is 11.0. The Morgan fingerprint density at radius 3 is 2.74 bits per heavy atom. The number of carbonyl (C=O) groups is 1. The van der Waals surface area contributed by atoms with Crippen LogP contribution < -0.4 is 4.74 Å². The number of rotatable bonds is 6. The fraction of sp³-hybridized carbons (Fsp3) is 0.611. The second-order valence-corrected chi connectivity index (χ2v) is 6.71. The van der Waals surface area contributed by atoms with Gasteiger partial charge in [0.05, 0.1) is 6.61 Å². The molecule has 5 heteroatoms. The van der Waals surface area contributed by atoms with Gasteiger partial charge in [-0.15, -0.1) is 0 Å². The highest BCUT2D eigenvalue weighted by atomic mass is 16.5. The van der Waals surface area contributed by atoms with Gasteiger partial charge >= 0.3 is 5.97 Å². The van der Waals surface area contributed by atoms with Gasteiger partial charge in [0.2, 0.25) is 0 Å². The molecular formula is C18H28N2O3. The quantitative estimate of drug-likeness (QED) is 0.873. The normalized spacial score (nSPS) is 18.6. The Balaban J connectivity index is 2.16. The van der Waals surface area contributed by atoms with Gasteiger partial charge in [-0.1, -0.05) is 26.0 Å². The summed E-state index contributed by atoms with van der Waals surface area (Å²) in [7, 11) is 2.08. The lowest BCUT2D eigenvalue weighted by molar-refractivity contribution is -0.143. The molecule has 1 saturated heterocycles. The number of likely N-dealkylation sites (N-methyl/N-ethyl adjacent to an activating group) is 1. The van der Waals surface area contributed by atoms with Gasteiger partial charge in [-0.25, -0.2) is 0 Å². The molecule has 0 radical (unpaired) electrons. The van der Waals surface area contributed by atoms with Gasteiger partial charge in [0.25, 0.3) is 0 Å². The van der Waals surface area contributed by atoms with Gasteiger partial charge in [0.1, 0.15) is 11.8 Å². The van der Waals surface area contributed by atoms with Crippen molar-refractivity contribution < 1.29 is 14.6 Å². The van der Waals surface area contributed by atoms with Crippen LogP contribution in [0.2, 0.25) is 0 Å². The van der Waals surface area contributed by atoms with Crippen LogP contribution in [0.15, 0.2) is 24.3 Å². The molecule has 1 unspecified atom stereocenters. The summed E-state index contributed by atoms with van der Waals surface area (Å²) < 4.78 is 5.75. The number of aliphatic carboxylic acids is 1. The molecule has 0 aromatic heterocycles. The summed E-state index contributed by atoms with van der Waals surface area (Å²) in [5.41, 5.74) is 0.795. The average Bonchev–Trinajstić information content (AvgIpc) is 2.71. The maximum absolute atomic E-state index is 11.9. The predicted octanol–water partition coefficient (Wildman–Crippen LogP) is 2.48. The first kappa shape index (κ1) is 17.8. The molecule has 1 aliphatic heterocycles. The fourth-order valence-electron chi connectivity index (χ4n) is 2.87. The van der Waals surface area contributed by atoms with Crippen molar-refractivity contribution in [3.05, 3.63) is 29.8 Å². The highest BCUT2D eigenvalue weighted by Crippen LogP contribution is 2.26. The van der Waals surface area contributed by atoms with Crippen molar-refractivity contribution in [3.8, 4) is 5.75 Å². The molecule has 1 fully saturated rings. The molecule has 1 aliphatic rings. The predicted molar refractivity (Wildman–Crippen MR) is 90.8 cm³/mol. The average molecular weight is 320 g/mol. The Hall–Kier alpha value is -1.59. The third kappa shape index (κ3) is 5.22. The van der Waals surface area contributed by atoms with Gasteiger partial charge in [-0.05, 0) is 43.6 Å². The van der Waals surface area contributed by atoms with Crippen LogP contribution in [0.3, 0.4) is 0 Å². The van der Waals surface area contributed by atoms with E-state index in [4.69, 9.17) is 4.74 Å². The minimum absolute atomic E-state index is 0.440. The molecule has 5 nitrogen and oxygen atoms in total. The molecule has 1 N–H and O–H groups in total. The fourth-order valence-corrected chi connectivity index (χ4v) is 2.87. The van der Waals surface area contributed by atoms with Crippen molar-refractivity contribution in [2.45, 2.75) is 26.3 Å². The molecular weight excluding hydrogens is 292 g/mol. The lowest BCUT2D eigenvalue weighted by atomic mass is 10.0.